The Morgan fingerprint density at radius 2 is 1.85 bits per heavy atom. The second kappa shape index (κ2) is 6.06. The number of nitrogens with one attached hydrogen (secondary N) is 1. The van der Waals surface area contributed by atoms with Crippen LogP contribution < -0.4 is 5.32 Å². The van der Waals surface area contributed by atoms with E-state index in [9.17, 15) is 9.59 Å². The number of carbonyl (C=O) groups excluding carboxylic acids is 2. The first-order valence-corrected chi connectivity index (χ1v) is 6.12. The fourth-order valence-corrected chi connectivity index (χ4v) is 1.80. The molecule has 2 rings (SSSR count). The number of hydrogen-bond acceptors (Lipinski definition) is 4. The number of carbonyl (C=O) groups is 2. The van der Waals surface area contributed by atoms with Gasteiger partial charge in [0.1, 0.15) is 5.76 Å². The topological polar surface area (TPSA) is 68.5 Å². The van der Waals surface area contributed by atoms with Gasteiger partial charge in [0, 0.05) is 0 Å². The summed E-state index contributed by atoms with van der Waals surface area (Å²) in [6.45, 7) is 1.74. The molecule has 0 spiro atoms. The lowest BCUT2D eigenvalue weighted by molar-refractivity contribution is -0.143. The summed E-state index contributed by atoms with van der Waals surface area (Å²) in [5, 5.41) is 2.61. The molecule has 5 heteroatoms. The van der Waals surface area contributed by atoms with Gasteiger partial charge in [0.15, 0.2) is 11.8 Å². The Morgan fingerprint density at radius 1 is 1.15 bits per heavy atom. The predicted octanol–water partition coefficient (Wildman–Crippen LogP) is 2.23. The van der Waals surface area contributed by atoms with E-state index in [-0.39, 0.29) is 5.76 Å². The van der Waals surface area contributed by atoms with Crippen molar-refractivity contribution in [1.29, 1.82) is 0 Å². The van der Waals surface area contributed by atoms with Gasteiger partial charge in [-0.15, -0.1) is 0 Å². The molecule has 0 aliphatic carbocycles. The summed E-state index contributed by atoms with van der Waals surface area (Å²) in [7, 11) is 1.28. The number of benzene rings is 1. The fraction of sp³-hybridized carbons (Fsp3) is 0.200. The first kappa shape index (κ1) is 13.9. The van der Waals surface area contributed by atoms with Crippen LogP contribution in [0.5, 0.6) is 0 Å². The van der Waals surface area contributed by atoms with Crippen LogP contribution in [0.4, 0.5) is 0 Å². The lowest BCUT2D eigenvalue weighted by Crippen LogP contribution is -2.34. The second-order valence-electron chi connectivity index (χ2n) is 4.25. The van der Waals surface area contributed by atoms with Crippen LogP contribution in [0.15, 0.2) is 46.9 Å². The van der Waals surface area contributed by atoms with Gasteiger partial charge < -0.3 is 14.5 Å². The van der Waals surface area contributed by atoms with Gasteiger partial charge in [-0.05, 0) is 24.6 Å². The van der Waals surface area contributed by atoms with Gasteiger partial charge in [0.2, 0.25) is 0 Å². The Kier molecular flexibility index (Phi) is 4.20. The fourth-order valence-electron chi connectivity index (χ4n) is 1.80. The number of esters is 1. The van der Waals surface area contributed by atoms with E-state index in [0.29, 0.717) is 11.3 Å². The van der Waals surface area contributed by atoms with Crippen LogP contribution in [0.3, 0.4) is 0 Å². The number of furan rings is 1. The van der Waals surface area contributed by atoms with Gasteiger partial charge in [-0.2, -0.15) is 0 Å². The van der Waals surface area contributed by atoms with Crippen LogP contribution in [0, 0.1) is 6.92 Å². The third-order valence-corrected chi connectivity index (χ3v) is 2.81. The molecule has 1 atom stereocenters. The van der Waals surface area contributed by atoms with Crippen LogP contribution in [-0.4, -0.2) is 19.0 Å². The molecule has 1 N–H and O–H groups in total. The van der Waals surface area contributed by atoms with Gasteiger partial charge in [-0.1, -0.05) is 30.3 Å². The molecule has 1 heterocycles. The third-order valence-electron chi connectivity index (χ3n) is 2.81. The van der Waals surface area contributed by atoms with E-state index in [1.807, 2.05) is 6.07 Å². The second-order valence-corrected chi connectivity index (χ2v) is 4.25. The molecular weight excluding hydrogens is 258 g/mol. The molecule has 2 aromatic rings. The standard InChI is InChI=1S/C15H15NO4/c1-10-8-9-12(20-10)14(17)16-13(15(18)19-2)11-6-4-3-5-7-11/h3-9,13H,1-2H3,(H,16,17). The van der Waals surface area contributed by atoms with Crippen LogP contribution in [-0.2, 0) is 9.53 Å². The minimum Gasteiger partial charge on any atom is -0.467 e. The van der Waals surface area contributed by atoms with E-state index in [1.165, 1.54) is 7.11 Å². The van der Waals surface area contributed by atoms with Gasteiger partial charge in [0.25, 0.3) is 5.91 Å². The van der Waals surface area contributed by atoms with Crippen molar-refractivity contribution in [3.8, 4) is 0 Å². The molecule has 1 unspecified atom stereocenters. The largest absolute Gasteiger partial charge is 0.467 e. The highest BCUT2D eigenvalue weighted by Crippen LogP contribution is 2.16. The number of rotatable bonds is 4. The third kappa shape index (κ3) is 3.06. The Hall–Kier alpha value is -2.56. The van der Waals surface area contributed by atoms with Crippen LogP contribution in [0.25, 0.3) is 0 Å². The molecule has 0 saturated heterocycles. The highest BCUT2D eigenvalue weighted by Gasteiger charge is 2.24. The molecule has 1 amide bonds. The van der Waals surface area contributed by atoms with Crippen molar-refractivity contribution in [2.45, 2.75) is 13.0 Å². The van der Waals surface area contributed by atoms with Crippen molar-refractivity contribution in [2.24, 2.45) is 0 Å². The molecule has 0 fully saturated rings. The highest BCUT2D eigenvalue weighted by molar-refractivity contribution is 5.94. The lowest BCUT2D eigenvalue weighted by atomic mass is 10.1. The first-order chi connectivity index (χ1) is 9.61. The molecule has 104 valence electrons. The van der Waals surface area contributed by atoms with Crippen LogP contribution in [0.1, 0.15) is 27.9 Å². The maximum Gasteiger partial charge on any atom is 0.333 e. The Morgan fingerprint density at radius 3 is 2.40 bits per heavy atom. The highest BCUT2D eigenvalue weighted by atomic mass is 16.5. The summed E-state index contributed by atoms with van der Waals surface area (Å²) in [5.41, 5.74) is 0.649. The van der Waals surface area contributed by atoms with Crippen LogP contribution >= 0.6 is 0 Å². The number of aryl methyl sites for hydroxylation is 1. The van der Waals surface area contributed by atoms with Gasteiger partial charge >= 0.3 is 5.97 Å². The minimum atomic E-state index is -0.862. The maximum atomic E-state index is 12.0. The van der Waals surface area contributed by atoms with E-state index in [2.05, 4.69) is 5.32 Å². The number of amides is 1. The van der Waals surface area contributed by atoms with Gasteiger partial charge in [-0.25, -0.2) is 4.79 Å². The van der Waals surface area contributed by atoms with E-state index < -0.39 is 17.9 Å². The Balaban J connectivity index is 2.21. The molecule has 20 heavy (non-hydrogen) atoms. The monoisotopic (exact) mass is 273 g/mol. The van der Waals surface area contributed by atoms with Gasteiger partial charge in [-0.3, -0.25) is 4.79 Å². The minimum absolute atomic E-state index is 0.160. The van der Waals surface area contributed by atoms with E-state index in [0.717, 1.165) is 0 Å². The smallest absolute Gasteiger partial charge is 0.333 e. The van der Waals surface area contributed by atoms with Gasteiger partial charge in [0.05, 0.1) is 7.11 Å². The molecule has 1 aromatic carbocycles. The predicted molar refractivity (Wildman–Crippen MR) is 72.1 cm³/mol. The Bertz CT molecular complexity index is 603. The molecule has 0 radical (unpaired) electrons. The van der Waals surface area contributed by atoms with Crippen molar-refractivity contribution >= 4 is 11.9 Å². The summed E-state index contributed by atoms with van der Waals surface area (Å²) < 4.78 is 9.96. The summed E-state index contributed by atoms with van der Waals surface area (Å²) in [4.78, 5) is 23.9. The van der Waals surface area contributed by atoms with Crippen molar-refractivity contribution in [3.05, 3.63) is 59.5 Å². The number of ether oxygens (including phenoxy) is 1. The normalized spacial score (nSPS) is 11.7. The average Bonchev–Trinajstić information content (AvgIpc) is 2.91. The van der Waals surface area contributed by atoms with Crippen molar-refractivity contribution in [1.82, 2.24) is 5.32 Å². The summed E-state index contributed by atoms with van der Waals surface area (Å²) in [6, 6.07) is 11.3. The molecule has 0 aliphatic heterocycles. The summed E-state index contributed by atoms with van der Waals surface area (Å²) in [6.07, 6.45) is 0. The van der Waals surface area contributed by atoms with E-state index in [4.69, 9.17) is 9.15 Å². The Labute approximate surface area is 116 Å². The average molecular weight is 273 g/mol. The zero-order chi connectivity index (χ0) is 14.5. The van der Waals surface area contributed by atoms with Crippen LogP contribution in [0.2, 0.25) is 0 Å². The van der Waals surface area contributed by atoms with Crippen molar-refractivity contribution in [3.63, 3.8) is 0 Å². The zero-order valence-corrected chi connectivity index (χ0v) is 11.3. The summed E-state index contributed by atoms with van der Waals surface area (Å²) >= 11 is 0. The molecule has 0 bridgehead atoms. The molecule has 0 saturated carbocycles. The molecule has 5 nitrogen and oxygen atoms in total. The zero-order valence-electron chi connectivity index (χ0n) is 11.3. The molecule has 1 aromatic heterocycles. The van der Waals surface area contributed by atoms with E-state index in [1.54, 1.807) is 43.3 Å². The quantitative estimate of drug-likeness (QED) is 0.867. The number of hydrogen-bond donors (Lipinski definition) is 1. The lowest BCUT2D eigenvalue weighted by Gasteiger charge is -2.16. The summed E-state index contributed by atoms with van der Waals surface area (Å²) in [5.74, 6) is -0.206. The van der Waals surface area contributed by atoms with Crippen molar-refractivity contribution < 1.29 is 18.7 Å². The van der Waals surface area contributed by atoms with Crippen molar-refractivity contribution in [2.75, 3.05) is 7.11 Å². The number of methoxy groups -OCH3 is 1. The first-order valence-electron chi connectivity index (χ1n) is 6.12. The SMILES string of the molecule is COC(=O)C(NC(=O)c1ccc(C)o1)c1ccccc1. The molecule has 0 aliphatic rings. The van der Waals surface area contributed by atoms with E-state index >= 15 is 0 Å². The maximum absolute atomic E-state index is 12.0. The molecular formula is C15H15NO4.